The molecule has 3 nitrogen and oxygen atoms in total. The molecule has 160 valence electrons. The van der Waals surface area contributed by atoms with E-state index in [1.165, 1.54) is 11.1 Å². The number of amides is 1. The fraction of sp³-hybridized carbons (Fsp3) is 0.346. The van der Waals surface area contributed by atoms with Crippen LogP contribution in [0.15, 0.2) is 72.8 Å². The van der Waals surface area contributed by atoms with Gasteiger partial charge in [0.05, 0.1) is 7.11 Å². The number of methoxy groups -OCH3 is 1. The van der Waals surface area contributed by atoms with Crippen LogP contribution in [0.25, 0.3) is 0 Å². The zero-order valence-electron chi connectivity index (χ0n) is 17.9. The van der Waals surface area contributed by atoms with Gasteiger partial charge < -0.3 is 9.64 Å². The molecule has 0 saturated heterocycles. The molecule has 0 aliphatic heterocycles. The van der Waals surface area contributed by atoms with Crippen molar-refractivity contribution < 1.29 is 26.6 Å². The first-order chi connectivity index (χ1) is 14.2. The van der Waals surface area contributed by atoms with Crippen LogP contribution in [-0.4, -0.2) is 30.5 Å². The Morgan fingerprint density at radius 2 is 1.93 bits per heavy atom. The van der Waals surface area contributed by atoms with E-state index in [2.05, 4.69) is 24.0 Å². The van der Waals surface area contributed by atoms with Crippen molar-refractivity contribution in [1.29, 1.82) is 0 Å². The minimum absolute atomic E-state index is 0. The maximum atomic E-state index is 12.9. The first kappa shape index (κ1) is 24.0. The molecule has 0 bridgehead atoms. The summed E-state index contributed by atoms with van der Waals surface area (Å²) in [4.78, 5) is 15.0. The van der Waals surface area contributed by atoms with Crippen molar-refractivity contribution in [3.05, 3.63) is 89.5 Å². The molecule has 1 amide bonds. The van der Waals surface area contributed by atoms with E-state index < -0.39 is 0 Å². The maximum Gasteiger partial charge on any atom is 2.00 e. The van der Waals surface area contributed by atoms with E-state index in [0.717, 1.165) is 43.5 Å². The zero-order valence-corrected chi connectivity index (χ0v) is 19.0. The Hall–Kier alpha value is -2.29. The van der Waals surface area contributed by atoms with E-state index in [1.807, 2.05) is 60.7 Å². The molecule has 0 spiro atoms. The van der Waals surface area contributed by atoms with Crippen LogP contribution < -0.4 is 4.74 Å². The Labute approximate surface area is 191 Å². The fourth-order valence-corrected chi connectivity index (χ4v) is 4.07. The largest absolute Gasteiger partial charge is 2.00 e. The molecule has 0 N–H and O–H groups in total. The molecule has 1 aliphatic rings. The van der Waals surface area contributed by atoms with Gasteiger partial charge in [-0.25, -0.2) is 24.3 Å². The maximum absolute atomic E-state index is 12.9. The second-order valence-corrected chi connectivity index (χ2v) is 7.51. The van der Waals surface area contributed by atoms with Gasteiger partial charge in [-0.2, -0.15) is 35.9 Å². The van der Waals surface area contributed by atoms with Crippen molar-refractivity contribution in [2.24, 2.45) is 0 Å². The normalized spacial score (nSPS) is 14.5. The number of rotatable bonds is 6. The molecule has 0 fully saturated rings. The molecule has 1 unspecified atom stereocenters. The summed E-state index contributed by atoms with van der Waals surface area (Å²) < 4.78 is 5.54. The topological polar surface area (TPSA) is 29.5 Å². The quantitative estimate of drug-likeness (QED) is 0.388. The molecule has 1 atom stereocenters. The van der Waals surface area contributed by atoms with Crippen LogP contribution >= 0.6 is 0 Å². The molecule has 0 heterocycles. The summed E-state index contributed by atoms with van der Waals surface area (Å²) in [6.07, 6.45) is 4.43. The number of hydrogen-bond donors (Lipinski definition) is 0. The van der Waals surface area contributed by atoms with Crippen molar-refractivity contribution in [3.8, 4) is 5.75 Å². The van der Waals surface area contributed by atoms with Crippen molar-refractivity contribution >= 4 is 5.91 Å². The second-order valence-electron chi connectivity index (χ2n) is 7.51. The molecular formula is C26H31FeNO2. The predicted octanol–water partition coefficient (Wildman–Crippen LogP) is 5.16. The van der Waals surface area contributed by atoms with E-state index in [-0.39, 0.29) is 29.0 Å². The molecule has 0 saturated carbocycles. The van der Waals surface area contributed by atoms with E-state index in [1.54, 1.807) is 7.11 Å². The van der Waals surface area contributed by atoms with Crippen LogP contribution in [0.1, 0.15) is 36.5 Å². The number of benzene rings is 1. The molecule has 1 aliphatic carbocycles. The summed E-state index contributed by atoms with van der Waals surface area (Å²) >= 11 is 0. The molecular weight excluding hydrogens is 414 g/mol. The number of hydrogen-bond acceptors (Lipinski definition) is 2. The van der Waals surface area contributed by atoms with Gasteiger partial charge in [0.2, 0.25) is 5.91 Å². The van der Waals surface area contributed by atoms with Gasteiger partial charge >= 0.3 is 17.1 Å². The summed E-state index contributed by atoms with van der Waals surface area (Å²) in [6, 6.07) is 24.6. The van der Waals surface area contributed by atoms with Crippen LogP contribution in [0.2, 0.25) is 0 Å². The van der Waals surface area contributed by atoms with Gasteiger partial charge in [-0.1, -0.05) is 19.1 Å². The van der Waals surface area contributed by atoms with E-state index in [4.69, 9.17) is 4.74 Å². The average Bonchev–Trinajstić information content (AvgIpc) is 3.48. The molecule has 3 aromatic carbocycles. The van der Waals surface area contributed by atoms with Crippen LogP contribution in [0.5, 0.6) is 5.75 Å². The summed E-state index contributed by atoms with van der Waals surface area (Å²) in [5.41, 5.74) is 3.75. The second kappa shape index (κ2) is 12.4. The van der Waals surface area contributed by atoms with Gasteiger partial charge in [-0.15, -0.1) is 0 Å². The third-order valence-corrected chi connectivity index (χ3v) is 5.50. The summed E-state index contributed by atoms with van der Waals surface area (Å²) in [5, 5.41) is 0. The number of fused-ring (bicyclic) bond motifs is 1. The van der Waals surface area contributed by atoms with Crippen LogP contribution in [0, 0.1) is 0 Å². The number of carbonyl (C=O) groups is 1. The Morgan fingerprint density at radius 1 is 1.13 bits per heavy atom. The van der Waals surface area contributed by atoms with Crippen molar-refractivity contribution in [2.45, 2.75) is 45.1 Å². The minimum Gasteiger partial charge on any atom is -0.496 e. The fourth-order valence-electron chi connectivity index (χ4n) is 4.07. The Bertz CT molecular complexity index is 824. The van der Waals surface area contributed by atoms with Crippen LogP contribution in [-0.2, 0) is 41.1 Å². The first-order valence-electron chi connectivity index (χ1n) is 10.5. The zero-order chi connectivity index (χ0) is 20.5. The molecule has 0 aromatic heterocycles. The number of aryl methyl sites for hydroxylation is 1. The SMILES string of the molecule is CCCN(C(=O)Cc1ccc[cH-]1)C1CCc2cccc(OC)c2C1.[Fe+2].c1cc[cH-]c1. The minimum atomic E-state index is 0. The number of nitrogens with zero attached hydrogens (tertiary/aromatic N) is 1. The summed E-state index contributed by atoms with van der Waals surface area (Å²) in [7, 11) is 1.73. The summed E-state index contributed by atoms with van der Waals surface area (Å²) in [6.45, 7) is 2.97. The number of carbonyl (C=O) groups excluding carboxylic acids is 1. The van der Waals surface area contributed by atoms with Gasteiger partial charge in [-0.3, -0.25) is 4.79 Å². The van der Waals surface area contributed by atoms with Gasteiger partial charge in [0, 0.05) is 19.0 Å². The Morgan fingerprint density at radius 3 is 2.53 bits per heavy atom. The van der Waals surface area contributed by atoms with E-state index in [0.29, 0.717) is 6.42 Å². The first-order valence-corrected chi connectivity index (χ1v) is 10.5. The number of ether oxygens (including phenoxy) is 1. The molecule has 4 rings (SSSR count). The third-order valence-electron chi connectivity index (χ3n) is 5.50. The van der Waals surface area contributed by atoms with Crippen molar-refractivity contribution in [2.75, 3.05) is 13.7 Å². The molecule has 30 heavy (non-hydrogen) atoms. The van der Waals surface area contributed by atoms with Gasteiger partial charge in [0.1, 0.15) is 5.75 Å². The molecule has 4 heteroatoms. The van der Waals surface area contributed by atoms with Crippen molar-refractivity contribution in [3.63, 3.8) is 0 Å². The molecule has 3 aromatic rings. The van der Waals surface area contributed by atoms with Gasteiger partial charge in [0.25, 0.3) is 0 Å². The smallest absolute Gasteiger partial charge is 0.496 e. The van der Waals surface area contributed by atoms with Crippen LogP contribution in [0.4, 0.5) is 0 Å². The van der Waals surface area contributed by atoms with Gasteiger partial charge in [-0.05, 0) is 42.9 Å². The monoisotopic (exact) mass is 445 g/mol. The van der Waals surface area contributed by atoms with Gasteiger partial charge in [0.15, 0.2) is 0 Å². The van der Waals surface area contributed by atoms with E-state index in [9.17, 15) is 4.79 Å². The Kier molecular flexibility index (Phi) is 9.93. The summed E-state index contributed by atoms with van der Waals surface area (Å²) in [5.74, 6) is 1.20. The van der Waals surface area contributed by atoms with Crippen LogP contribution in [0.3, 0.4) is 0 Å². The third kappa shape index (κ3) is 6.35. The Balaban J connectivity index is 0.000000468. The standard InChI is InChI=1S/C21H26NO2.C5H5.Fe/c1-3-13-22(21(23)14-16-7-4-5-8-16)18-12-11-17-9-6-10-20(24-2)19(17)15-18;1-2-4-5-3-1;/h4-10,18H,3,11-15H2,1-2H3;1-5H;/q2*-1;+2. The molecule has 0 radical (unpaired) electrons. The van der Waals surface area contributed by atoms with E-state index >= 15 is 0 Å². The van der Waals surface area contributed by atoms with Crippen molar-refractivity contribution in [1.82, 2.24) is 4.90 Å². The predicted molar refractivity (Wildman–Crippen MR) is 119 cm³/mol. The average molecular weight is 445 g/mol.